The normalized spacial score (nSPS) is 23.5. The molecule has 0 spiro atoms. The van der Waals surface area contributed by atoms with E-state index >= 15 is 0 Å². The lowest BCUT2D eigenvalue weighted by Crippen LogP contribution is -2.64. The quantitative estimate of drug-likeness (QED) is 0.0156. The molecule has 6 N–H and O–H groups in total. The number of phosphoric acid groups is 1. The fourth-order valence-electron chi connectivity index (χ4n) is 6.23. The Kier molecular flexibility index (Phi) is 31.9. The molecule has 0 bridgehead atoms. The molecule has 1 saturated carbocycles. The van der Waals surface area contributed by atoms with Crippen LogP contribution < -0.4 is 0 Å². The smallest absolute Gasteiger partial charge is 0.457 e. The average molecular weight is 817 g/mol. The first kappa shape index (κ1) is 52.3. The standard InChI is InChI=1S/C43H77O12P/c1-3-5-7-9-11-13-15-17-18-19-20-21-22-24-26-28-30-32-37(44)54-36(34-52-33-31-29-27-25-23-16-14-12-10-8-6-4-2)35-53-56(50,51)55-43-41(48)39(46)38(45)40(47)42(43)49/h5,7,10-13,17-18,36,38-43,45-49H,3-4,6,8-9,14-16,19-35H2,1-2H3,(H,50,51)/b7-5-,12-10-,13-11-,18-17-. The summed E-state index contributed by atoms with van der Waals surface area (Å²) < 4.78 is 34.1. The van der Waals surface area contributed by atoms with Gasteiger partial charge in [-0.2, -0.15) is 0 Å². The molecule has 56 heavy (non-hydrogen) atoms. The lowest BCUT2D eigenvalue weighted by Gasteiger charge is -2.41. The number of rotatable bonds is 35. The van der Waals surface area contributed by atoms with Crippen molar-refractivity contribution < 1.29 is 58.3 Å². The van der Waals surface area contributed by atoms with E-state index in [0.29, 0.717) is 13.0 Å². The maximum Gasteiger partial charge on any atom is 0.472 e. The number of carbonyl (C=O) groups excluding carboxylic acids is 1. The van der Waals surface area contributed by atoms with Gasteiger partial charge in [0.2, 0.25) is 0 Å². The fourth-order valence-corrected chi connectivity index (χ4v) is 7.20. The lowest BCUT2D eigenvalue weighted by atomic mass is 9.85. The van der Waals surface area contributed by atoms with Gasteiger partial charge in [0, 0.05) is 13.0 Å². The zero-order valence-corrected chi connectivity index (χ0v) is 35.3. The second-order valence-electron chi connectivity index (χ2n) is 14.8. The van der Waals surface area contributed by atoms with Gasteiger partial charge in [-0.3, -0.25) is 13.8 Å². The van der Waals surface area contributed by atoms with E-state index < -0.39 is 63.1 Å². The highest BCUT2D eigenvalue weighted by Gasteiger charge is 2.51. The minimum atomic E-state index is -5.02. The van der Waals surface area contributed by atoms with E-state index in [9.17, 15) is 39.8 Å². The zero-order chi connectivity index (χ0) is 41.3. The number of unbranched alkanes of at least 4 members (excludes halogenated alkanes) is 15. The van der Waals surface area contributed by atoms with Crippen molar-refractivity contribution in [2.45, 2.75) is 198 Å². The first-order valence-electron chi connectivity index (χ1n) is 21.5. The minimum Gasteiger partial charge on any atom is -0.457 e. The number of aliphatic hydroxyl groups is 5. The van der Waals surface area contributed by atoms with Gasteiger partial charge in [-0.1, -0.05) is 133 Å². The highest BCUT2D eigenvalue weighted by molar-refractivity contribution is 7.47. The molecule has 6 unspecified atom stereocenters. The summed E-state index contributed by atoms with van der Waals surface area (Å²) >= 11 is 0. The van der Waals surface area contributed by atoms with Gasteiger partial charge >= 0.3 is 13.8 Å². The molecule has 1 aliphatic carbocycles. The molecule has 6 atom stereocenters. The number of carbonyl (C=O) groups is 1. The van der Waals surface area contributed by atoms with Crippen LogP contribution in [-0.2, 0) is 27.9 Å². The van der Waals surface area contributed by atoms with Crippen LogP contribution in [0.1, 0.15) is 155 Å². The molecule has 13 heteroatoms. The van der Waals surface area contributed by atoms with Gasteiger partial charge < -0.3 is 39.9 Å². The third kappa shape index (κ3) is 26.3. The van der Waals surface area contributed by atoms with E-state index in [1.807, 2.05) is 0 Å². The van der Waals surface area contributed by atoms with Gasteiger partial charge in [-0.05, 0) is 64.2 Å². The fraction of sp³-hybridized carbons (Fsp3) is 0.791. The van der Waals surface area contributed by atoms with Crippen molar-refractivity contribution in [3.63, 3.8) is 0 Å². The highest BCUT2D eigenvalue weighted by Crippen LogP contribution is 2.47. The first-order chi connectivity index (χ1) is 27.0. The number of hydrogen-bond acceptors (Lipinski definition) is 11. The molecule has 0 saturated heterocycles. The van der Waals surface area contributed by atoms with Gasteiger partial charge in [0.15, 0.2) is 0 Å². The van der Waals surface area contributed by atoms with E-state index in [1.165, 1.54) is 32.1 Å². The molecule has 1 rings (SSSR count). The molecule has 326 valence electrons. The summed E-state index contributed by atoms with van der Waals surface area (Å²) in [6.45, 7) is 4.07. The molecule has 0 aromatic rings. The van der Waals surface area contributed by atoms with Crippen molar-refractivity contribution in [1.29, 1.82) is 0 Å². The van der Waals surface area contributed by atoms with Crippen molar-refractivity contribution in [3.05, 3.63) is 48.6 Å². The monoisotopic (exact) mass is 817 g/mol. The predicted molar refractivity (Wildman–Crippen MR) is 221 cm³/mol. The van der Waals surface area contributed by atoms with Gasteiger partial charge in [0.25, 0.3) is 0 Å². The van der Waals surface area contributed by atoms with Gasteiger partial charge in [-0.15, -0.1) is 0 Å². The van der Waals surface area contributed by atoms with Crippen LogP contribution in [-0.4, -0.2) is 98.9 Å². The van der Waals surface area contributed by atoms with Crippen LogP contribution >= 0.6 is 7.82 Å². The Labute approximate surface area is 337 Å². The van der Waals surface area contributed by atoms with Crippen molar-refractivity contribution in [3.8, 4) is 0 Å². The van der Waals surface area contributed by atoms with Crippen LogP contribution in [0, 0.1) is 0 Å². The zero-order valence-electron chi connectivity index (χ0n) is 34.4. The maximum atomic E-state index is 12.8. The van der Waals surface area contributed by atoms with Crippen LogP contribution in [0.5, 0.6) is 0 Å². The number of hydrogen-bond donors (Lipinski definition) is 6. The number of allylic oxidation sites excluding steroid dienone is 8. The van der Waals surface area contributed by atoms with Gasteiger partial charge in [0.1, 0.15) is 42.7 Å². The van der Waals surface area contributed by atoms with E-state index in [4.69, 9.17) is 18.5 Å². The molecule has 0 aromatic carbocycles. The summed E-state index contributed by atoms with van der Waals surface area (Å²) in [5.41, 5.74) is 0. The second-order valence-corrected chi connectivity index (χ2v) is 16.2. The van der Waals surface area contributed by atoms with Crippen LogP contribution in [0.4, 0.5) is 0 Å². The second kappa shape index (κ2) is 34.2. The number of aliphatic hydroxyl groups excluding tert-OH is 5. The summed E-state index contributed by atoms with van der Waals surface area (Å²) in [6, 6.07) is 0. The molecule has 0 heterocycles. The van der Waals surface area contributed by atoms with E-state index in [0.717, 1.165) is 96.3 Å². The van der Waals surface area contributed by atoms with E-state index in [2.05, 4.69) is 62.5 Å². The van der Waals surface area contributed by atoms with Crippen LogP contribution in [0.25, 0.3) is 0 Å². The Morgan fingerprint density at radius 3 is 1.62 bits per heavy atom. The summed E-state index contributed by atoms with van der Waals surface area (Å²) in [6.07, 6.45) is 27.5. The Morgan fingerprint density at radius 1 is 0.589 bits per heavy atom. The molecule has 0 radical (unpaired) electrons. The SMILES string of the molecule is CC/C=C\C/C=C\C/C=C\CCCCCCCCCC(=O)OC(COCCCCCCCC/C=C\CCCC)COP(=O)(O)OC1C(O)C(O)C(O)C(O)C1O. The lowest BCUT2D eigenvalue weighted by molar-refractivity contribution is -0.220. The third-order valence-electron chi connectivity index (χ3n) is 9.69. The number of phosphoric ester groups is 1. The molecule has 1 fully saturated rings. The highest BCUT2D eigenvalue weighted by atomic mass is 31.2. The molecule has 0 aliphatic heterocycles. The van der Waals surface area contributed by atoms with E-state index in [-0.39, 0.29) is 13.0 Å². The van der Waals surface area contributed by atoms with Crippen LogP contribution in [0.3, 0.4) is 0 Å². The Morgan fingerprint density at radius 2 is 1.05 bits per heavy atom. The molecular formula is C43H77O12P. The first-order valence-corrected chi connectivity index (χ1v) is 23.0. The Balaban J connectivity index is 2.43. The van der Waals surface area contributed by atoms with Crippen molar-refractivity contribution in [1.82, 2.24) is 0 Å². The summed E-state index contributed by atoms with van der Waals surface area (Å²) in [5, 5.41) is 50.1. The van der Waals surface area contributed by atoms with Crippen LogP contribution in [0.2, 0.25) is 0 Å². The molecular weight excluding hydrogens is 739 g/mol. The number of ether oxygens (including phenoxy) is 2. The minimum absolute atomic E-state index is 0.0864. The molecule has 1 aliphatic rings. The Hall–Kier alpha value is -1.70. The van der Waals surface area contributed by atoms with Gasteiger partial charge in [0.05, 0.1) is 13.2 Å². The van der Waals surface area contributed by atoms with E-state index in [1.54, 1.807) is 0 Å². The van der Waals surface area contributed by atoms with Crippen molar-refractivity contribution >= 4 is 13.8 Å². The molecule has 0 amide bonds. The van der Waals surface area contributed by atoms with Crippen molar-refractivity contribution in [2.24, 2.45) is 0 Å². The van der Waals surface area contributed by atoms with Crippen molar-refractivity contribution in [2.75, 3.05) is 19.8 Å². The third-order valence-corrected chi connectivity index (χ3v) is 10.7. The topological polar surface area (TPSA) is 192 Å². The maximum absolute atomic E-state index is 12.8. The number of esters is 1. The summed E-state index contributed by atoms with van der Waals surface area (Å²) in [7, 11) is -5.02. The Bertz CT molecular complexity index is 1110. The molecule has 12 nitrogen and oxygen atoms in total. The largest absolute Gasteiger partial charge is 0.472 e. The molecule has 0 aromatic heterocycles. The van der Waals surface area contributed by atoms with Gasteiger partial charge in [-0.25, -0.2) is 4.57 Å². The predicted octanol–water partition coefficient (Wildman–Crippen LogP) is 8.08. The van der Waals surface area contributed by atoms with Crippen LogP contribution in [0.15, 0.2) is 48.6 Å². The summed E-state index contributed by atoms with van der Waals surface area (Å²) in [4.78, 5) is 23.1. The summed E-state index contributed by atoms with van der Waals surface area (Å²) in [5.74, 6) is -0.492. The average Bonchev–Trinajstić information content (AvgIpc) is 3.18.